The third-order valence-corrected chi connectivity index (χ3v) is 5.98. The zero-order valence-corrected chi connectivity index (χ0v) is 17.9. The summed E-state index contributed by atoms with van der Waals surface area (Å²) in [6.07, 6.45) is 2.32. The lowest BCUT2D eigenvalue weighted by molar-refractivity contribution is -0.113. The Morgan fingerprint density at radius 1 is 1.30 bits per heavy atom. The highest BCUT2D eigenvalue weighted by Crippen LogP contribution is 2.22. The van der Waals surface area contributed by atoms with Crippen LogP contribution in [0.15, 0.2) is 45.8 Å². The molecule has 0 fully saturated rings. The van der Waals surface area contributed by atoms with Gasteiger partial charge in [-0.3, -0.25) is 18.6 Å². The van der Waals surface area contributed by atoms with Gasteiger partial charge < -0.3 is 10.1 Å². The molecule has 1 amide bonds. The van der Waals surface area contributed by atoms with Gasteiger partial charge in [0.1, 0.15) is 0 Å². The largest absolute Gasteiger partial charge is 0.382 e. The number of amides is 1. The number of anilines is 1. The molecule has 0 aliphatic rings. The number of nitrogens with zero attached hydrogens (tertiary/aromatic N) is 5. The van der Waals surface area contributed by atoms with Gasteiger partial charge in [0, 0.05) is 31.3 Å². The molecule has 0 atom stereocenters. The number of thiazole rings is 1. The molecule has 11 heteroatoms. The van der Waals surface area contributed by atoms with Crippen molar-refractivity contribution < 1.29 is 9.53 Å². The SMILES string of the molecule is CCOCCCn1c(=O)c2ccccc2n2c(SCC(=O)Nc3nccs3)nnc12. The van der Waals surface area contributed by atoms with Crippen LogP contribution in [0, 0.1) is 0 Å². The minimum Gasteiger partial charge on any atom is -0.382 e. The molecule has 0 saturated carbocycles. The molecule has 9 nitrogen and oxygen atoms in total. The average Bonchev–Trinajstić information content (AvgIpc) is 3.42. The molecular formula is C19H20N6O3S2. The van der Waals surface area contributed by atoms with Gasteiger partial charge in [-0.15, -0.1) is 21.5 Å². The monoisotopic (exact) mass is 444 g/mol. The molecule has 3 heterocycles. The molecule has 0 unspecified atom stereocenters. The summed E-state index contributed by atoms with van der Waals surface area (Å²) in [6.45, 7) is 3.61. The van der Waals surface area contributed by atoms with Crippen molar-refractivity contribution in [3.8, 4) is 0 Å². The van der Waals surface area contributed by atoms with E-state index >= 15 is 0 Å². The van der Waals surface area contributed by atoms with Gasteiger partial charge in [0.05, 0.1) is 16.7 Å². The van der Waals surface area contributed by atoms with Crippen LogP contribution in [0.2, 0.25) is 0 Å². The first-order valence-corrected chi connectivity index (χ1v) is 11.3. The predicted octanol–water partition coefficient (Wildman–Crippen LogP) is 2.66. The number of fused-ring (bicyclic) bond motifs is 3. The van der Waals surface area contributed by atoms with E-state index in [0.717, 1.165) is 0 Å². The lowest BCUT2D eigenvalue weighted by Gasteiger charge is -2.11. The van der Waals surface area contributed by atoms with E-state index in [-0.39, 0.29) is 17.2 Å². The molecule has 0 bridgehead atoms. The van der Waals surface area contributed by atoms with Gasteiger partial charge in [0.2, 0.25) is 11.7 Å². The maximum Gasteiger partial charge on any atom is 0.262 e. The van der Waals surface area contributed by atoms with Crippen molar-refractivity contribution in [3.63, 3.8) is 0 Å². The van der Waals surface area contributed by atoms with Crippen LogP contribution in [-0.4, -0.2) is 49.0 Å². The van der Waals surface area contributed by atoms with Crippen molar-refractivity contribution in [2.75, 3.05) is 24.3 Å². The first-order valence-electron chi connectivity index (χ1n) is 9.45. The highest BCUT2D eigenvalue weighted by Gasteiger charge is 2.17. The van der Waals surface area contributed by atoms with E-state index in [9.17, 15) is 9.59 Å². The van der Waals surface area contributed by atoms with Crippen LogP contribution >= 0.6 is 23.1 Å². The first-order chi connectivity index (χ1) is 14.7. The van der Waals surface area contributed by atoms with E-state index in [0.29, 0.717) is 53.1 Å². The Morgan fingerprint density at radius 3 is 2.97 bits per heavy atom. The van der Waals surface area contributed by atoms with Crippen molar-refractivity contribution in [1.29, 1.82) is 0 Å². The summed E-state index contributed by atoms with van der Waals surface area (Å²) < 4.78 is 8.85. The lowest BCUT2D eigenvalue weighted by Crippen LogP contribution is -2.24. The second-order valence-corrected chi connectivity index (χ2v) is 8.15. The Kier molecular flexibility index (Phi) is 6.41. The van der Waals surface area contributed by atoms with E-state index in [1.54, 1.807) is 22.2 Å². The smallest absolute Gasteiger partial charge is 0.262 e. The Hall–Kier alpha value is -2.76. The number of ether oxygens (including phenoxy) is 1. The van der Waals surface area contributed by atoms with Gasteiger partial charge in [0.15, 0.2) is 10.3 Å². The number of hydrogen-bond acceptors (Lipinski definition) is 8. The first kappa shape index (κ1) is 20.5. The molecule has 156 valence electrons. The minimum absolute atomic E-state index is 0.111. The highest BCUT2D eigenvalue weighted by atomic mass is 32.2. The number of carbonyl (C=O) groups excluding carboxylic acids is 1. The van der Waals surface area contributed by atoms with Gasteiger partial charge in [-0.1, -0.05) is 23.9 Å². The number of para-hydroxylation sites is 1. The number of rotatable bonds is 9. The van der Waals surface area contributed by atoms with Crippen molar-refractivity contribution in [3.05, 3.63) is 46.2 Å². The fraction of sp³-hybridized carbons (Fsp3) is 0.316. The van der Waals surface area contributed by atoms with Crippen LogP contribution in [0.1, 0.15) is 13.3 Å². The predicted molar refractivity (Wildman–Crippen MR) is 117 cm³/mol. The normalized spacial score (nSPS) is 11.4. The molecule has 1 N–H and O–H groups in total. The van der Waals surface area contributed by atoms with Crippen LogP contribution in [0.4, 0.5) is 5.13 Å². The van der Waals surface area contributed by atoms with E-state index in [4.69, 9.17) is 4.74 Å². The van der Waals surface area contributed by atoms with Crippen LogP contribution in [0.25, 0.3) is 16.7 Å². The standard InChI is InChI=1S/C19H20N6O3S2/c1-2-28-10-5-9-24-16(27)13-6-3-4-7-14(13)25-18(24)22-23-19(25)30-12-15(26)21-17-20-8-11-29-17/h3-4,6-8,11H,2,5,9-10,12H2,1H3,(H,20,21,26). The van der Waals surface area contributed by atoms with E-state index in [1.807, 2.05) is 29.5 Å². The third-order valence-electron chi connectivity index (χ3n) is 4.36. The quantitative estimate of drug-likeness (QED) is 0.313. The Morgan fingerprint density at radius 2 is 2.17 bits per heavy atom. The molecule has 4 aromatic rings. The van der Waals surface area contributed by atoms with Gasteiger partial charge in [-0.2, -0.15) is 0 Å². The van der Waals surface area contributed by atoms with Crippen LogP contribution in [0.3, 0.4) is 0 Å². The van der Waals surface area contributed by atoms with Crippen molar-refractivity contribution in [2.24, 2.45) is 0 Å². The van der Waals surface area contributed by atoms with Crippen molar-refractivity contribution >= 4 is 50.8 Å². The molecule has 0 aliphatic carbocycles. The number of nitrogens with one attached hydrogen (secondary N) is 1. The van der Waals surface area contributed by atoms with E-state index in [2.05, 4.69) is 20.5 Å². The Bertz CT molecular complexity index is 1220. The summed E-state index contributed by atoms with van der Waals surface area (Å²) in [5.74, 6) is 0.428. The highest BCUT2D eigenvalue weighted by molar-refractivity contribution is 7.99. The molecule has 0 radical (unpaired) electrons. The molecule has 3 aromatic heterocycles. The molecule has 1 aromatic carbocycles. The number of aryl methyl sites for hydroxylation is 1. The lowest BCUT2D eigenvalue weighted by atomic mass is 10.2. The number of benzene rings is 1. The zero-order chi connectivity index (χ0) is 20.9. The molecule has 0 spiro atoms. The summed E-state index contributed by atoms with van der Waals surface area (Å²) in [4.78, 5) is 29.3. The van der Waals surface area contributed by atoms with Crippen LogP contribution in [-0.2, 0) is 16.1 Å². The molecular weight excluding hydrogens is 424 g/mol. The minimum atomic E-state index is -0.180. The average molecular weight is 445 g/mol. The summed E-state index contributed by atoms with van der Waals surface area (Å²) in [7, 11) is 0. The maximum absolute atomic E-state index is 13.0. The second-order valence-electron chi connectivity index (χ2n) is 6.32. The summed E-state index contributed by atoms with van der Waals surface area (Å²) in [5, 5.41) is 14.7. The van der Waals surface area contributed by atoms with E-state index in [1.165, 1.54) is 23.1 Å². The Labute approximate surface area is 180 Å². The molecule has 30 heavy (non-hydrogen) atoms. The molecule has 4 rings (SSSR count). The van der Waals surface area contributed by atoms with Crippen LogP contribution in [0.5, 0.6) is 0 Å². The van der Waals surface area contributed by atoms with Gasteiger partial charge in [-0.05, 0) is 25.5 Å². The van der Waals surface area contributed by atoms with Crippen LogP contribution < -0.4 is 10.9 Å². The zero-order valence-electron chi connectivity index (χ0n) is 16.3. The topological polar surface area (TPSA) is 103 Å². The van der Waals surface area contributed by atoms with Gasteiger partial charge in [0.25, 0.3) is 5.56 Å². The van der Waals surface area contributed by atoms with Gasteiger partial charge >= 0.3 is 0 Å². The summed E-state index contributed by atoms with van der Waals surface area (Å²) in [6, 6.07) is 7.35. The van der Waals surface area contributed by atoms with E-state index < -0.39 is 0 Å². The number of aromatic nitrogens is 5. The maximum atomic E-state index is 13.0. The number of hydrogen-bond donors (Lipinski definition) is 1. The molecule has 0 saturated heterocycles. The molecule has 0 aliphatic heterocycles. The fourth-order valence-electron chi connectivity index (χ4n) is 3.07. The van der Waals surface area contributed by atoms with Crippen molar-refractivity contribution in [1.82, 2.24) is 24.1 Å². The fourth-order valence-corrected chi connectivity index (χ4v) is 4.35. The van der Waals surface area contributed by atoms with Crippen molar-refractivity contribution in [2.45, 2.75) is 25.0 Å². The third kappa shape index (κ3) is 4.23. The number of thioether (sulfide) groups is 1. The second kappa shape index (κ2) is 9.37. The summed E-state index contributed by atoms with van der Waals surface area (Å²) >= 11 is 2.62. The number of carbonyl (C=O) groups is 1. The Balaban J connectivity index is 1.65. The summed E-state index contributed by atoms with van der Waals surface area (Å²) in [5.41, 5.74) is 0.603. The van der Waals surface area contributed by atoms with Gasteiger partial charge in [-0.25, -0.2) is 4.98 Å².